The average molecular weight is 339 g/mol. The van der Waals surface area contributed by atoms with Gasteiger partial charge >= 0.3 is 5.97 Å². The normalized spacial score (nSPS) is 29.6. The van der Waals surface area contributed by atoms with E-state index in [1.807, 2.05) is 6.07 Å². The summed E-state index contributed by atoms with van der Waals surface area (Å²) in [5.74, 6) is -0.573. The molecule has 3 N–H and O–H groups in total. The number of ether oxygens (including phenoxy) is 3. The molecular weight excluding hydrogens is 318 g/mol. The van der Waals surface area contributed by atoms with E-state index >= 15 is 0 Å². The van der Waals surface area contributed by atoms with Crippen LogP contribution in [0, 0.1) is 0 Å². The number of aliphatic hydroxyl groups is 2. The van der Waals surface area contributed by atoms with E-state index in [9.17, 15) is 19.8 Å². The average Bonchev–Trinajstić information content (AvgIpc) is 2.53. The van der Waals surface area contributed by atoms with Crippen LogP contribution in [0.15, 0.2) is 30.3 Å². The van der Waals surface area contributed by atoms with Gasteiger partial charge in [0.2, 0.25) is 12.2 Å². The van der Waals surface area contributed by atoms with Crippen LogP contribution in [0.4, 0.5) is 0 Å². The van der Waals surface area contributed by atoms with Crippen LogP contribution >= 0.6 is 0 Å². The lowest BCUT2D eigenvalue weighted by Crippen LogP contribution is -2.66. The molecule has 0 unspecified atom stereocenters. The highest BCUT2D eigenvalue weighted by molar-refractivity contribution is 5.73. The number of amides is 1. The van der Waals surface area contributed by atoms with Crippen molar-refractivity contribution in [2.45, 2.75) is 44.5 Å². The van der Waals surface area contributed by atoms with Crippen LogP contribution in [-0.2, 0) is 19.1 Å². The topological polar surface area (TPSA) is 114 Å². The number of aliphatic hydroxyl groups excluding tert-OH is 2. The van der Waals surface area contributed by atoms with Gasteiger partial charge in [0.15, 0.2) is 6.10 Å². The lowest BCUT2D eigenvalue weighted by atomic mass is 9.96. The predicted octanol–water partition coefficient (Wildman–Crippen LogP) is -0.420. The standard InChI is InChI=1S/C16H21NO7/c1-9(19)17-13-15(22-10(2)20)14(21)12(8-18)24-16(13)23-11-6-4-3-5-7-11/h3-7,12-16,18,21H,8H2,1-2H3,(H,17,19)/t12-,13+,14-,15-,16-/m1/s1. The zero-order valence-electron chi connectivity index (χ0n) is 13.4. The Labute approximate surface area is 139 Å². The maximum absolute atomic E-state index is 11.5. The first-order chi connectivity index (χ1) is 11.4. The molecule has 1 aromatic rings. The van der Waals surface area contributed by atoms with Crippen molar-refractivity contribution in [3.05, 3.63) is 30.3 Å². The first-order valence-corrected chi connectivity index (χ1v) is 7.52. The summed E-state index contributed by atoms with van der Waals surface area (Å²) in [7, 11) is 0. The van der Waals surface area contributed by atoms with Gasteiger partial charge in [0.05, 0.1) is 6.61 Å². The fourth-order valence-electron chi connectivity index (χ4n) is 2.52. The van der Waals surface area contributed by atoms with Crippen molar-refractivity contribution in [1.29, 1.82) is 0 Å². The fraction of sp³-hybridized carbons (Fsp3) is 0.500. The van der Waals surface area contributed by atoms with Crippen LogP contribution in [0.2, 0.25) is 0 Å². The molecule has 24 heavy (non-hydrogen) atoms. The van der Waals surface area contributed by atoms with Crippen LogP contribution in [-0.4, -0.2) is 59.3 Å². The van der Waals surface area contributed by atoms with Gasteiger partial charge in [-0.3, -0.25) is 9.59 Å². The number of hydrogen-bond acceptors (Lipinski definition) is 7. The van der Waals surface area contributed by atoms with E-state index in [0.717, 1.165) is 0 Å². The van der Waals surface area contributed by atoms with Gasteiger partial charge < -0.3 is 29.7 Å². The number of carbonyl (C=O) groups is 2. The highest BCUT2D eigenvalue weighted by atomic mass is 16.7. The van der Waals surface area contributed by atoms with Crippen molar-refractivity contribution in [2.24, 2.45) is 0 Å². The van der Waals surface area contributed by atoms with E-state index in [2.05, 4.69) is 5.32 Å². The quantitative estimate of drug-likeness (QED) is 0.624. The summed E-state index contributed by atoms with van der Waals surface area (Å²) in [5.41, 5.74) is 0. The molecule has 5 atom stereocenters. The fourth-order valence-corrected chi connectivity index (χ4v) is 2.52. The number of para-hydroxylation sites is 1. The number of hydrogen-bond donors (Lipinski definition) is 3. The Morgan fingerprint density at radius 2 is 1.92 bits per heavy atom. The third-order valence-corrected chi connectivity index (χ3v) is 3.52. The molecule has 0 bridgehead atoms. The summed E-state index contributed by atoms with van der Waals surface area (Å²) in [4.78, 5) is 22.9. The van der Waals surface area contributed by atoms with Crippen LogP contribution in [0.1, 0.15) is 13.8 Å². The SMILES string of the molecule is CC(=O)N[C@@H]1[C@H](Oc2ccccc2)O[C@H](CO)[C@@H](O)[C@@H]1OC(C)=O. The highest BCUT2D eigenvalue weighted by Crippen LogP contribution is 2.26. The van der Waals surface area contributed by atoms with Crippen molar-refractivity contribution < 1.29 is 34.0 Å². The van der Waals surface area contributed by atoms with Crippen LogP contribution in [0.5, 0.6) is 5.75 Å². The van der Waals surface area contributed by atoms with Crippen molar-refractivity contribution in [1.82, 2.24) is 5.32 Å². The molecule has 0 radical (unpaired) electrons. The minimum absolute atomic E-state index is 0.405. The number of carbonyl (C=O) groups excluding carboxylic acids is 2. The zero-order valence-corrected chi connectivity index (χ0v) is 13.4. The molecule has 1 fully saturated rings. The van der Waals surface area contributed by atoms with Gasteiger partial charge in [-0.25, -0.2) is 0 Å². The molecule has 0 aliphatic carbocycles. The Morgan fingerprint density at radius 1 is 1.25 bits per heavy atom. The number of esters is 1. The van der Waals surface area contributed by atoms with E-state index in [1.165, 1.54) is 13.8 Å². The van der Waals surface area contributed by atoms with E-state index in [-0.39, 0.29) is 0 Å². The molecule has 2 rings (SSSR count). The second kappa shape index (κ2) is 8.09. The monoisotopic (exact) mass is 339 g/mol. The van der Waals surface area contributed by atoms with Crippen molar-refractivity contribution in [3.8, 4) is 5.75 Å². The minimum atomic E-state index is -1.31. The molecule has 1 aliphatic heterocycles. The molecule has 0 aromatic heterocycles. The Balaban J connectivity index is 2.28. The van der Waals surface area contributed by atoms with Gasteiger partial charge in [-0.2, -0.15) is 0 Å². The van der Waals surface area contributed by atoms with Crippen LogP contribution < -0.4 is 10.1 Å². The van der Waals surface area contributed by atoms with E-state index in [1.54, 1.807) is 24.3 Å². The number of nitrogens with one attached hydrogen (secondary N) is 1. The summed E-state index contributed by atoms with van der Waals surface area (Å²) in [6.45, 7) is 1.98. The summed E-state index contributed by atoms with van der Waals surface area (Å²) in [5, 5.41) is 22.2. The second-order valence-corrected chi connectivity index (χ2v) is 5.45. The molecule has 132 valence electrons. The van der Waals surface area contributed by atoms with Gasteiger partial charge in [0, 0.05) is 13.8 Å². The molecule has 1 saturated heterocycles. The smallest absolute Gasteiger partial charge is 0.303 e. The Bertz CT molecular complexity index is 565. The molecular formula is C16H21NO7. The summed E-state index contributed by atoms with van der Waals surface area (Å²) in [6.07, 6.45) is -4.51. The molecule has 1 aromatic carbocycles. The lowest BCUT2D eigenvalue weighted by Gasteiger charge is -2.43. The lowest BCUT2D eigenvalue weighted by molar-refractivity contribution is -0.249. The molecule has 8 nitrogen and oxygen atoms in total. The number of benzene rings is 1. The van der Waals surface area contributed by atoms with Crippen LogP contribution in [0.25, 0.3) is 0 Å². The van der Waals surface area contributed by atoms with Gasteiger partial charge in [0.1, 0.15) is 24.0 Å². The van der Waals surface area contributed by atoms with E-state index in [0.29, 0.717) is 5.75 Å². The maximum atomic E-state index is 11.5. The largest absolute Gasteiger partial charge is 0.463 e. The number of rotatable bonds is 5. The van der Waals surface area contributed by atoms with Gasteiger partial charge in [0.25, 0.3) is 0 Å². The zero-order chi connectivity index (χ0) is 17.7. The third-order valence-electron chi connectivity index (χ3n) is 3.52. The molecule has 0 saturated carbocycles. The van der Waals surface area contributed by atoms with Gasteiger partial charge in [-0.15, -0.1) is 0 Å². The van der Waals surface area contributed by atoms with Crippen molar-refractivity contribution in [3.63, 3.8) is 0 Å². The Kier molecular flexibility index (Phi) is 6.13. The first-order valence-electron chi connectivity index (χ1n) is 7.52. The molecule has 1 amide bonds. The van der Waals surface area contributed by atoms with Gasteiger partial charge in [-0.05, 0) is 12.1 Å². The summed E-state index contributed by atoms with van der Waals surface area (Å²) >= 11 is 0. The third kappa shape index (κ3) is 4.44. The summed E-state index contributed by atoms with van der Waals surface area (Å²) in [6, 6.07) is 7.76. The second-order valence-electron chi connectivity index (χ2n) is 5.45. The summed E-state index contributed by atoms with van der Waals surface area (Å²) < 4.78 is 16.4. The van der Waals surface area contributed by atoms with Crippen molar-refractivity contribution >= 4 is 11.9 Å². The van der Waals surface area contributed by atoms with Crippen LogP contribution in [0.3, 0.4) is 0 Å². The van der Waals surface area contributed by atoms with E-state index < -0.39 is 49.1 Å². The highest BCUT2D eigenvalue weighted by Gasteiger charge is 2.48. The molecule has 1 heterocycles. The predicted molar refractivity (Wildman–Crippen MR) is 82.0 cm³/mol. The van der Waals surface area contributed by atoms with E-state index in [4.69, 9.17) is 14.2 Å². The molecule has 8 heteroatoms. The molecule has 1 aliphatic rings. The Hall–Kier alpha value is -2.16. The minimum Gasteiger partial charge on any atom is -0.463 e. The molecule has 0 spiro atoms. The van der Waals surface area contributed by atoms with Gasteiger partial charge in [-0.1, -0.05) is 18.2 Å². The first kappa shape index (κ1) is 18.2. The van der Waals surface area contributed by atoms with Crippen molar-refractivity contribution in [2.75, 3.05) is 6.61 Å². The Morgan fingerprint density at radius 3 is 2.46 bits per heavy atom. The maximum Gasteiger partial charge on any atom is 0.303 e.